The van der Waals surface area contributed by atoms with Crippen molar-refractivity contribution in [2.75, 3.05) is 13.7 Å². The van der Waals surface area contributed by atoms with Crippen molar-refractivity contribution in [1.82, 2.24) is 4.90 Å². The van der Waals surface area contributed by atoms with Crippen LogP contribution in [0.5, 0.6) is 11.5 Å². The van der Waals surface area contributed by atoms with Crippen LogP contribution in [0.1, 0.15) is 10.4 Å². The molecule has 0 fully saturated rings. The Morgan fingerprint density at radius 3 is 2.45 bits per heavy atom. The maximum atomic E-state index is 12.9. The first-order valence-corrected chi connectivity index (χ1v) is 9.74. The first-order valence-electron chi connectivity index (χ1n) is 8.86. The van der Waals surface area contributed by atoms with Crippen LogP contribution < -0.4 is 9.47 Å². The van der Waals surface area contributed by atoms with Crippen LogP contribution in [0.3, 0.4) is 0 Å². The third-order valence-electron chi connectivity index (χ3n) is 4.25. The molecule has 1 amide bonds. The maximum absolute atomic E-state index is 12.9. The summed E-state index contributed by atoms with van der Waals surface area (Å²) < 4.78 is 10.9. The average Bonchev–Trinajstić information content (AvgIpc) is 3.25. The summed E-state index contributed by atoms with van der Waals surface area (Å²) in [7, 11) is 1.59. The minimum absolute atomic E-state index is 0.0687. The van der Waals surface area contributed by atoms with Gasteiger partial charge in [0.05, 0.1) is 18.6 Å². The van der Waals surface area contributed by atoms with Gasteiger partial charge in [-0.15, -0.1) is 11.3 Å². The molecule has 0 aliphatic heterocycles. The minimum atomic E-state index is -0.530. The summed E-state index contributed by atoms with van der Waals surface area (Å²) in [6, 6.07) is 17.4. The minimum Gasteiger partial charge on any atom is -0.496 e. The highest BCUT2D eigenvalue weighted by atomic mass is 32.1. The molecule has 0 radical (unpaired) electrons. The Morgan fingerprint density at radius 1 is 1.03 bits per heavy atom. The molecule has 8 heteroatoms. The van der Waals surface area contributed by atoms with Crippen molar-refractivity contribution in [2.45, 2.75) is 13.1 Å². The topological polar surface area (TPSA) is 81.9 Å². The fraction of sp³-hybridized carbons (Fsp3) is 0.190. The van der Waals surface area contributed by atoms with E-state index in [-0.39, 0.29) is 24.0 Å². The van der Waals surface area contributed by atoms with Crippen LogP contribution in [0.15, 0.2) is 66.0 Å². The van der Waals surface area contributed by atoms with Gasteiger partial charge >= 0.3 is 5.69 Å². The quantitative estimate of drug-likeness (QED) is 0.387. The first kappa shape index (κ1) is 20.3. The number of para-hydroxylation sites is 3. The number of carbonyl (C=O) groups excluding carboxylic acids is 1. The van der Waals surface area contributed by atoms with Gasteiger partial charge in [0.15, 0.2) is 12.4 Å². The van der Waals surface area contributed by atoms with Crippen LogP contribution in [-0.4, -0.2) is 29.4 Å². The fourth-order valence-electron chi connectivity index (χ4n) is 2.82. The molecule has 0 saturated heterocycles. The molecule has 3 aromatic rings. The van der Waals surface area contributed by atoms with Crippen LogP contribution in [-0.2, 0) is 17.9 Å². The number of hydrogen-bond acceptors (Lipinski definition) is 6. The number of hydrogen-bond donors (Lipinski definition) is 0. The van der Waals surface area contributed by atoms with Gasteiger partial charge in [0.2, 0.25) is 0 Å². The van der Waals surface area contributed by atoms with Crippen LogP contribution in [0, 0.1) is 10.1 Å². The molecule has 0 N–H and O–H groups in total. The molecule has 0 aliphatic rings. The zero-order valence-electron chi connectivity index (χ0n) is 15.8. The first-order chi connectivity index (χ1) is 14.1. The molecule has 0 bridgehead atoms. The summed E-state index contributed by atoms with van der Waals surface area (Å²) in [6.45, 7) is 0.446. The molecular formula is C21H20N2O5S. The van der Waals surface area contributed by atoms with E-state index in [0.717, 1.165) is 10.4 Å². The van der Waals surface area contributed by atoms with E-state index in [0.29, 0.717) is 18.8 Å². The third-order valence-corrected chi connectivity index (χ3v) is 5.11. The smallest absolute Gasteiger partial charge is 0.310 e. The summed E-state index contributed by atoms with van der Waals surface area (Å²) in [4.78, 5) is 26.2. The second kappa shape index (κ2) is 9.70. The molecule has 1 aromatic heterocycles. The van der Waals surface area contributed by atoms with E-state index >= 15 is 0 Å². The highest BCUT2D eigenvalue weighted by Crippen LogP contribution is 2.26. The van der Waals surface area contributed by atoms with Crippen molar-refractivity contribution in [3.63, 3.8) is 0 Å². The number of amides is 1. The fourth-order valence-corrected chi connectivity index (χ4v) is 3.54. The molecule has 1 heterocycles. The van der Waals surface area contributed by atoms with E-state index in [9.17, 15) is 14.9 Å². The normalized spacial score (nSPS) is 10.4. The van der Waals surface area contributed by atoms with Crippen molar-refractivity contribution < 1.29 is 19.2 Å². The highest BCUT2D eigenvalue weighted by Gasteiger charge is 2.20. The second-order valence-electron chi connectivity index (χ2n) is 6.15. The Morgan fingerprint density at radius 2 is 1.76 bits per heavy atom. The molecule has 7 nitrogen and oxygen atoms in total. The molecule has 2 aromatic carbocycles. The van der Waals surface area contributed by atoms with Crippen molar-refractivity contribution in [2.24, 2.45) is 0 Å². The van der Waals surface area contributed by atoms with Gasteiger partial charge in [-0.3, -0.25) is 14.9 Å². The van der Waals surface area contributed by atoms with E-state index in [2.05, 4.69) is 0 Å². The van der Waals surface area contributed by atoms with E-state index in [1.807, 2.05) is 41.8 Å². The number of methoxy groups -OCH3 is 1. The zero-order valence-corrected chi connectivity index (χ0v) is 16.6. The van der Waals surface area contributed by atoms with Gasteiger partial charge < -0.3 is 14.4 Å². The number of carbonyl (C=O) groups is 1. The molecule has 0 saturated carbocycles. The number of nitro benzene ring substituents is 1. The van der Waals surface area contributed by atoms with Crippen molar-refractivity contribution in [3.8, 4) is 11.5 Å². The molecule has 0 spiro atoms. The average molecular weight is 412 g/mol. The van der Waals surface area contributed by atoms with Crippen molar-refractivity contribution >= 4 is 22.9 Å². The summed E-state index contributed by atoms with van der Waals surface area (Å²) in [5.74, 6) is 0.484. The largest absolute Gasteiger partial charge is 0.496 e. The van der Waals surface area contributed by atoms with E-state index in [4.69, 9.17) is 9.47 Å². The number of ether oxygens (including phenoxy) is 2. The molecule has 3 rings (SSSR count). The number of nitrogens with zero attached hydrogens (tertiary/aromatic N) is 2. The maximum Gasteiger partial charge on any atom is 0.310 e. The van der Waals surface area contributed by atoms with Gasteiger partial charge in [0.1, 0.15) is 5.75 Å². The lowest BCUT2D eigenvalue weighted by atomic mass is 10.2. The molecule has 150 valence electrons. The monoisotopic (exact) mass is 412 g/mol. The SMILES string of the molecule is COc1ccccc1CN(Cc1cccs1)C(=O)COc1ccccc1[N+](=O)[O-]. The second-order valence-corrected chi connectivity index (χ2v) is 7.19. The summed E-state index contributed by atoms with van der Waals surface area (Å²) >= 11 is 1.55. The molecule has 0 atom stereocenters. The van der Waals surface area contributed by atoms with E-state index < -0.39 is 4.92 Å². The Hall–Kier alpha value is -3.39. The highest BCUT2D eigenvalue weighted by molar-refractivity contribution is 7.09. The van der Waals surface area contributed by atoms with Crippen LogP contribution >= 0.6 is 11.3 Å². The summed E-state index contributed by atoms with van der Waals surface area (Å²) in [5.41, 5.74) is 0.695. The number of thiophene rings is 1. The van der Waals surface area contributed by atoms with E-state index in [1.165, 1.54) is 12.1 Å². The number of nitro groups is 1. The van der Waals surface area contributed by atoms with Crippen LogP contribution in [0.2, 0.25) is 0 Å². The van der Waals surface area contributed by atoms with Crippen LogP contribution in [0.4, 0.5) is 5.69 Å². The Balaban J connectivity index is 1.76. The van der Waals surface area contributed by atoms with Gasteiger partial charge in [-0.1, -0.05) is 36.4 Å². The molecule has 0 unspecified atom stereocenters. The summed E-state index contributed by atoms with van der Waals surface area (Å²) in [6.07, 6.45) is 0. The lowest BCUT2D eigenvalue weighted by Gasteiger charge is -2.23. The van der Waals surface area contributed by atoms with Crippen molar-refractivity contribution in [1.29, 1.82) is 0 Å². The number of rotatable bonds is 9. The van der Waals surface area contributed by atoms with E-state index in [1.54, 1.807) is 35.5 Å². The van der Waals surface area contributed by atoms with Crippen LogP contribution in [0.25, 0.3) is 0 Å². The third kappa shape index (κ3) is 5.32. The van der Waals surface area contributed by atoms with Gasteiger partial charge in [-0.2, -0.15) is 0 Å². The van der Waals surface area contributed by atoms with Gasteiger partial charge in [-0.05, 0) is 23.6 Å². The zero-order chi connectivity index (χ0) is 20.6. The predicted octanol–water partition coefficient (Wildman–Crippen LogP) is 4.27. The summed E-state index contributed by atoms with van der Waals surface area (Å²) in [5, 5.41) is 13.1. The Labute approximate surface area is 172 Å². The standard InChI is InChI=1S/C21H20N2O5S/c1-27-19-10-4-2-7-16(19)13-22(14-17-8-6-12-29-17)21(24)15-28-20-11-5-3-9-18(20)23(25)26/h2-12H,13-15H2,1H3. The van der Waals surface area contributed by atoms with Gasteiger partial charge in [-0.25, -0.2) is 0 Å². The number of benzene rings is 2. The molecule has 29 heavy (non-hydrogen) atoms. The van der Waals surface area contributed by atoms with Gasteiger partial charge in [0.25, 0.3) is 5.91 Å². The molecular weight excluding hydrogens is 392 g/mol. The predicted molar refractivity (Wildman–Crippen MR) is 110 cm³/mol. The Kier molecular flexibility index (Phi) is 6.80. The lowest BCUT2D eigenvalue weighted by Crippen LogP contribution is -2.34. The van der Waals surface area contributed by atoms with Crippen molar-refractivity contribution in [3.05, 3.63) is 86.6 Å². The van der Waals surface area contributed by atoms with Gasteiger partial charge in [0, 0.05) is 23.1 Å². The lowest BCUT2D eigenvalue weighted by molar-refractivity contribution is -0.385. The Bertz CT molecular complexity index is 975. The molecule has 0 aliphatic carbocycles.